The first-order valence-corrected chi connectivity index (χ1v) is 9.87. The molecule has 2 aromatic heterocycles. The van der Waals surface area contributed by atoms with Gasteiger partial charge in [0.15, 0.2) is 11.8 Å². The number of hydrogen-bond donors (Lipinski definition) is 2. The van der Waals surface area contributed by atoms with Crippen LogP contribution in [0.15, 0.2) is 17.4 Å². The molecule has 1 unspecified atom stereocenters. The first-order chi connectivity index (χ1) is 13.0. The number of aliphatic imine (C=N–C) groups is 1. The highest BCUT2D eigenvalue weighted by Gasteiger charge is 2.23. The lowest BCUT2D eigenvalue weighted by Crippen LogP contribution is -2.47. The van der Waals surface area contributed by atoms with Crippen LogP contribution >= 0.6 is 0 Å². The van der Waals surface area contributed by atoms with E-state index in [1.54, 1.807) is 7.05 Å². The van der Waals surface area contributed by atoms with Crippen molar-refractivity contribution in [1.82, 2.24) is 34.9 Å². The average Bonchev–Trinajstić information content (AvgIpc) is 3.24. The van der Waals surface area contributed by atoms with Gasteiger partial charge in [0.25, 0.3) is 0 Å². The van der Waals surface area contributed by atoms with Gasteiger partial charge in [0.1, 0.15) is 11.6 Å². The van der Waals surface area contributed by atoms with Crippen molar-refractivity contribution in [1.29, 1.82) is 0 Å². The minimum atomic E-state index is 0.292. The summed E-state index contributed by atoms with van der Waals surface area (Å²) in [5.74, 6) is 4.80. The number of nitrogens with zero attached hydrogens (tertiary/aromatic N) is 6. The van der Waals surface area contributed by atoms with Gasteiger partial charge in [-0.2, -0.15) is 5.10 Å². The Morgan fingerprint density at radius 2 is 2.15 bits per heavy atom. The maximum atomic E-state index is 4.65. The van der Waals surface area contributed by atoms with E-state index in [9.17, 15) is 0 Å². The van der Waals surface area contributed by atoms with Gasteiger partial charge in [-0.15, -0.1) is 0 Å². The molecule has 3 heterocycles. The van der Waals surface area contributed by atoms with Crippen molar-refractivity contribution in [2.75, 3.05) is 7.05 Å². The van der Waals surface area contributed by atoms with Gasteiger partial charge >= 0.3 is 0 Å². The summed E-state index contributed by atoms with van der Waals surface area (Å²) in [6.07, 6.45) is 5.86. The highest BCUT2D eigenvalue weighted by Crippen LogP contribution is 2.17. The summed E-state index contributed by atoms with van der Waals surface area (Å²) in [5, 5.41) is 11.6. The van der Waals surface area contributed by atoms with Crippen molar-refractivity contribution < 1.29 is 0 Å². The number of nitrogens with one attached hydrogen (secondary N) is 2. The molecule has 1 aliphatic heterocycles. The van der Waals surface area contributed by atoms with Crippen LogP contribution < -0.4 is 10.6 Å². The number of imidazole rings is 1. The molecule has 1 aliphatic rings. The molecular formula is C19H32N8. The van der Waals surface area contributed by atoms with E-state index in [2.05, 4.69) is 63.0 Å². The second-order valence-electron chi connectivity index (χ2n) is 7.92. The Balaban J connectivity index is 1.56. The van der Waals surface area contributed by atoms with E-state index in [-0.39, 0.29) is 0 Å². The lowest BCUT2D eigenvalue weighted by Gasteiger charge is -2.25. The van der Waals surface area contributed by atoms with E-state index in [1.165, 1.54) is 0 Å². The summed E-state index contributed by atoms with van der Waals surface area (Å²) >= 11 is 0. The van der Waals surface area contributed by atoms with Crippen LogP contribution in [0.2, 0.25) is 0 Å². The number of guanidine groups is 1. The van der Waals surface area contributed by atoms with Gasteiger partial charge in [-0.3, -0.25) is 4.99 Å². The normalized spacial score (nSPS) is 17.4. The van der Waals surface area contributed by atoms with Gasteiger partial charge in [-0.05, 0) is 12.3 Å². The zero-order valence-electron chi connectivity index (χ0n) is 17.1. The fourth-order valence-corrected chi connectivity index (χ4v) is 3.31. The van der Waals surface area contributed by atoms with E-state index in [1.807, 2.05) is 17.1 Å². The molecule has 0 fully saturated rings. The Morgan fingerprint density at radius 3 is 2.85 bits per heavy atom. The molecular weight excluding hydrogens is 340 g/mol. The van der Waals surface area contributed by atoms with E-state index in [4.69, 9.17) is 0 Å². The molecule has 2 aromatic rings. The smallest absolute Gasteiger partial charge is 0.191 e. The maximum Gasteiger partial charge on any atom is 0.191 e. The summed E-state index contributed by atoms with van der Waals surface area (Å²) in [5.41, 5.74) is 0. The summed E-state index contributed by atoms with van der Waals surface area (Å²) in [4.78, 5) is 13.5. The quantitative estimate of drug-likeness (QED) is 0.598. The molecule has 148 valence electrons. The molecule has 0 aromatic carbocycles. The fourth-order valence-electron chi connectivity index (χ4n) is 3.31. The number of aryl methyl sites for hydroxylation is 1. The molecule has 2 N–H and O–H groups in total. The second-order valence-corrected chi connectivity index (χ2v) is 7.92. The average molecular weight is 373 g/mol. The highest BCUT2D eigenvalue weighted by atomic mass is 15.4. The third-order valence-corrected chi connectivity index (χ3v) is 4.73. The second kappa shape index (κ2) is 8.54. The van der Waals surface area contributed by atoms with Crippen LogP contribution in [0.25, 0.3) is 0 Å². The summed E-state index contributed by atoms with van der Waals surface area (Å²) in [6, 6.07) is 0.292. The van der Waals surface area contributed by atoms with Crippen LogP contribution in [-0.2, 0) is 26.1 Å². The third kappa shape index (κ3) is 4.87. The van der Waals surface area contributed by atoms with Gasteiger partial charge < -0.3 is 15.2 Å². The summed E-state index contributed by atoms with van der Waals surface area (Å²) < 4.78 is 4.24. The van der Waals surface area contributed by atoms with Crippen LogP contribution in [0.1, 0.15) is 57.5 Å². The minimum Gasteiger partial charge on any atom is -0.352 e. The maximum absolute atomic E-state index is 4.65. The predicted molar refractivity (Wildman–Crippen MR) is 107 cm³/mol. The summed E-state index contributed by atoms with van der Waals surface area (Å²) in [6.45, 7) is 11.1. The molecule has 3 rings (SSSR count). The Hall–Kier alpha value is -2.38. The van der Waals surface area contributed by atoms with Crippen molar-refractivity contribution >= 4 is 5.96 Å². The monoisotopic (exact) mass is 372 g/mol. The number of rotatable bonds is 6. The molecule has 8 heteroatoms. The molecule has 0 amide bonds. The van der Waals surface area contributed by atoms with Crippen LogP contribution in [0.4, 0.5) is 0 Å². The van der Waals surface area contributed by atoms with E-state index in [0.717, 1.165) is 49.4 Å². The van der Waals surface area contributed by atoms with Crippen molar-refractivity contribution in [2.45, 2.75) is 72.1 Å². The molecule has 0 spiro atoms. The fraction of sp³-hybridized carbons (Fsp3) is 0.684. The predicted octanol–water partition coefficient (Wildman–Crippen LogP) is 1.93. The van der Waals surface area contributed by atoms with Gasteiger partial charge in [0, 0.05) is 44.4 Å². The molecule has 0 saturated heterocycles. The van der Waals surface area contributed by atoms with Crippen molar-refractivity contribution in [2.24, 2.45) is 10.9 Å². The van der Waals surface area contributed by atoms with E-state index < -0.39 is 0 Å². The Labute approximate surface area is 161 Å². The minimum absolute atomic E-state index is 0.292. The van der Waals surface area contributed by atoms with Crippen LogP contribution in [0, 0.1) is 5.92 Å². The van der Waals surface area contributed by atoms with Gasteiger partial charge in [0.05, 0.1) is 13.1 Å². The largest absolute Gasteiger partial charge is 0.352 e. The summed E-state index contributed by atoms with van der Waals surface area (Å²) in [7, 11) is 1.80. The van der Waals surface area contributed by atoms with Gasteiger partial charge in [-0.1, -0.05) is 27.7 Å². The third-order valence-electron chi connectivity index (χ3n) is 4.73. The number of fused-ring (bicyclic) bond motifs is 1. The highest BCUT2D eigenvalue weighted by molar-refractivity contribution is 5.79. The number of aromatic nitrogens is 5. The van der Waals surface area contributed by atoms with Crippen LogP contribution in [-0.4, -0.2) is 43.4 Å². The Morgan fingerprint density at radius 1 is 1.33 bits per heavy atom. The zero-order valence-corrected chi connectivity index (χ0v) is 17.1. The standard InChI is InChI=1S/C19H32N8/c1-13(2)11-26-9-8-21-17(26)10-22-19(20-5)23-15-6-7-16-24-18(14(3)4)25-27(16)12-15/h8-9,13-15H,6-7,10-12H2,1-5H3,(H2,20,22,23). The lowest BCUT2D eigenvalue weighted by molar-refractivity contribution is 0.391. The van der Waals surface area contributed by atoms with Crippen molar-refractivity contribution in [3.63, 3.8) is 0 Å². The lowest BCUT2D eigenvalue weighted by atomic mass is 10.1. The van der Waals surface area contributed by atoms with E-state index >= 15 is 0 Å². The Kier molecular flexibility index (Phi) is 6.13. The van der Waals surface area contributed by atoms with Gasteiger partial charge in [0.2, 0.25) is 0 Å². The molecule has 0 radical (unpaired) electrons. The van der Waals surface area contributed by atoms with Crippen LogP contribution in [0.5, 0.6) is 0 Å². The molecule has 1 atom stereocenters. The molecule has 27 heavy (non-hydrogen) atoms. The molecule has 0 saturated carbocycles. The topological polar surface area (TPSA) is 84.9 Å². The molecule has 8 nitrogen and oxygen atoms in total. The molecule has 0 aliphatic carbocycles. The Bertz CT molecular complexity index is 771. The van der Waals surface area contributed by atoms with Crippen molar-refractivity contribution in [3.8, 4) is 0 Å². The van der Waals surface area contributed by atoms with Crippen molar-refractivity contribution in [3.05, 3.63) is 29.9 Å². The SMILES string of the molecule is CN=C(NCc1nccn1CC(C)C)NC1CCc2nc(C(C)C)nn2C1. The van der Waals surface area contributed by atoms with E-state index in [0.29, 0.717) is 24.4 Å². The van der Waals surface area contributed by atoms with Gasteiger partial charge in [-0.25, -0.2) is 14.6 Å². The molecule has 0 bridgehead atoms. The zero-order chi connectivity index (χ0) is 19.4. The first-order valence-electron chi connectivity index (χ1n) is 9.87. The number of hydrogen-bond acceptors (Lipinski definition) is 4. The van der Waals surface area contributed by atoms with Crippen LogP contribution in [0.3, 0.4) is 0 Å². The first kappa shape index (κ1) is 19.4.